The summed E-state index contributed by atoms with van der Waals surface area (Å²) >= 11 is 5.81. The Kier molecular flexibility index (Phi) is 4.69. The molecule has 1 heterocycles. The molecule has 0 aliphatic rings. The first-order valence-corrected chi connectivity index (χ1v) is 5.69. The number of hydrogen-bond donors (Lipinski definition) is 2. The summed E-state index contributed by atoms with van der Waals surface area (Å²) in [5, 5.41) is 3.71. The summed E-state index contributed by atoms with van der Waals surface area (Å²) in [6.45, 7) is 4.32. The lowest BCUT2D eigenvalue weighted by atomic mass is 10.1. The molecule has 84 valence electrons. The van der Waals surface area contributed by atoms with Crippen LogP contribution in [0, 0.1) is 0 Å². The Morgan fingerprint density at radius 1 is 1.53 bits per heavy atom. The quantitative estimate of drug-likeness (QED) is 0.759. The number of nitrogens with two attached hydrogens (primary N) is 1. The van der Waals surface area contributed by atoms with Gasteiger partial charge in [0.05, 0.1) is 0 Å². The Morgan fingerprint density at radius 3 is 2.87 bits per heavy atom. The molecule has 1 atom stereocenters. The second-order valence-corrected chi connectivity index (χ2v) is 4.18. The Bertz CT molecular complexity index is 294. The summed E-state index contributed by atoms with van der Waals surface area (Å²) in [6.07, 6.45) is 3.55. The van der Waals surface area contributed by atoms with Crippen molar-refractivity contribution in [1.29, 1.82) is 0 Å². The number of unbranched alkanes of at least 4 members (excludes halogenated alkanes) is 1. The standard InChI is InChI=1S/C11H18ClN3/c1-3-4-5-8(2)14-11-7-9(13)6-10(12)15-11/h6-8H,3-5H2,1-2H3,(H3,13,14,15). The van der Waals surface area contributed by atoms with Gasteiger partial charge in [0.2, 0.25) is 0 Å². The normalized spacial score (nSPS) is 12.5. The number of nitrogen functional groups attached to an aromatic ring is 1. The number of halogens is 1. The summed E-state index contributed by atoms with van der Waals surface area (Å²) in [6, 6.07) is 3.84. The van der Waals surface area contributed by atoms with E-state index in [-0.39, 0.29) is 0 Å². The van der Waals surface area contributed by atoms with Crippen LogP contribution in [0.15, 0.2) is 12.1 Å². The first-order valence-electron chi connectivity index (χ1n) is 5.31. The average Bonchev–Trinajstić information content (AvgIpc) is 2.13. The van der Waals surface area contributed by atoms with E-state index in [1.165, 1.54) is 12.8 Å². The fourth-order valence-corrected chi connectivity index (χ4v) is 1.64. The highest BCUT2D eigenvalue weighted by Crippen LogP contribution is 2.17. The lowest BCUT2D eigenvalue weighted by molar-refractivity contribution is 0.643. The average molecular weight is 228 g/mol. The fraction of sp³-hybridized carbons (Fsp3) is 0.545. The summed E-state index contributed by atoms with van der Waals surface area (Å²) in [5.41, 5.74) is 6.31. The van der Waals surface area contributed by atoms with Gasteiger partial charge in [-0.25, -0.2) is 4.98 Å². The van der Waals surface area contributed by atoms with Crippen molar-refractivity contribution in [1.82, 2.24) is 4.98 Å². The van der Waals surface area contributed by atoms with Crippen molar-refractivity contribution in [3.05, 3.63) is 17.3 Å². The van der Waals surface area contributed by atoms with Crippen molar-refractivity contribution in [2.24, 2.45) is 0 Å². The summed E-state index contributed by atoms with van der Waals surface area (Å²) < 4.78 is 0. The molecule has 0 saturated heterocycles. The highest BCUT2D eigenvalue weighted by atomic mass is 35.5. The van der Waals surface area contributed by atoms with Crippen LogP contribution in [-0.4, -0.2) is 11.0 Å². The van der Waals surface area contributed by atoms with Crippen LogP contribution < -0.4 is 11.1 Å². The Morgan fingerprint density at radius 2 is 2.27 bits per heavy atom. The van der Waals surface area contributed by atoms with E-state index >= 15 is 0 Å². The molecule has 0 amide bonds. The number of aromatic nitrogens is 1. The van der Waals surface area contributed by atoms with Gasteiger partial charge in [-0.05, 0) is 19.4 Å². The second kappa shape index (κ2) is 5.81. The number of anilines is 2. The van der Waals surface area contributed by atoms with Gasteiger partial charge in [0, 0.05) is 17.8 Å². The minimum absolute atomic E-state index is 0.398. The highest BCUT2D eigenvalue weighted by molar-refractivity contribution is 6.29. The minimum Gasteiger partial charge on any atom is -0.399 e. The van der Waals surface area contributed by atoms with Gasteiger partial charge in [-0.15, -0.1) is 0 Å². The molecule has 3 nitrogen and oxygen atoms in total. The van der Waals surface area contributed by atoms with Crippen LogP contribution >= 0.6 is 11.6 Å². The predicted molar refractivity (Wildman–Crippen MR) is 66.3 cm³/mol. The van der Waals surface area contributed by atoms with Crippen molar-refractivity contribution < 1.29 is 0 Å². The van der Waals surface area contributed by atoms with Crippen molar-refractivity contribution >= 4 is 23.1 Å². The molecule has 1 aromatic rings. The van der Waals surface area contributed by atoms with Crippen LogP contribution in [0.3, 0.4) is 0 Å². The third kappa shape index (κ3) is 4.38. The van der Waals surface area contributed by atoms with E-state index < -0.39 is 0 Å². The van der Waals surface area contributed by atoms with Gasteiger partial charge in [0.25, 0.3) is 0 Å². The van der Waals surface area contributed by atoms with Crippen LogP contribution in [0.25, 0.3) is 0 Å². The lowest BCUT2D eigenvalue weighted by Gasteiger charge is -2.14. The molecule has 0 aliphatic heterocycles. The largest absolute Gasteiger partial charge is 0.399 e. The molecular weight excluding hydrogens is 210 g/mol. The molecule has 0 spiro atoms. The summed E-state index contributed by atoms with van der Waals surface area (Å²) in [5.74, 6) is 0.753. The topological polar surface area (TPSA) is 50.9 Å². The van der Waals surface area contributed by atoms with E-state index in [9.17, 15) is 0 Å². The van der Waals surface area contributed by atoms with Gasteiger partial charge in [-0.1, -0.05) is 31.4 Å². The molecule has 0 fully saturated rings. The molecular formula is C11H18ClN3. The first kappa shape index (κ1) is 12.1. The maximum absolute atomic E-state index is 5.81. The van der Waals surface area contributed by atoms with Crippen molar-refractivity contribution in [2.45, 2.75) is 39.2 Å². The third-order valence-corrected chi connectivity index (χ3v) is 2.40. The minimum atomic E-state index is 0.398. The van der Waals surface area contributed by atoms with E-state index in [0.29, 0.717) is 16.9 Å². The van der Waals surface area contributed by atoms with Crippen LogP contribution in [0.2, 0.25) is 5.15 Å². The first-order chi connectivity index (χ1) is 7.11. The molecule has 1 rings (SSSR count). The van der Waals surface area contributed by atoms with E-state index in [1.807, 2.05) is 0 Å². The predicted octanol–water partition coefficient (Wildman–Crippen LogP) is 3.31. The van der Waals surface area contributed by atoms with E-state index in [0.717, 1.165) is 12.2 Å². The van der Waals surface area contributed by atoms with Crippen molar-refractivity contribution in [3.63, 3.8) is 0 Å². The molecule has 0 bridgehead atoms. The number of hydrogen-bond acceptors (Lipinski definition) is 3. The molecule has 0 aliphatic carbocycles. The maximum atomic E-state index is 5.81. The van der Waals surface area contributed by atoms with Crippen LogP contribution in [0.4, 0.5) is 11.5 Å². The van der Waals surface area contributed by atoms with Gasteiger partial charge in [-0.3, -0.25) is 0 Å². The van der Waals surface area contributed by atoms with E-state index in [1.54, 1.807) is 12.1 Å². The Labute approximate surface area is 96.0 Å². The number of rotatable bonds is 5. The van der Waals surface area contributed by atoms with E-state index in [4.69, 9.17) is 17.3 Å². The van der Waals surface area contributed by atoms with E-state index in [2.05, 4.69) is 24.1 Å². The van der Waals surface area contributed by atoms with Crippen LogP contribution in [0.5, 0.6) is 0 Å². The fourth-order valence-electron chi connectivity index (χ4n) is 1.43. The number of nitrogens with zero attached hydrogens (tertiary/aromatic N) is 1. The molecule has 15 heavy (non-hydrogen) atoms. The third-order valence-electron chi connectivity index (χ3n) is 2.20. The van der Waals surface area contributed by atoms with Crippen molar-refractivity contribution in [3.8, 4) is 0 Å². The molecule has 0 radical (unpaired) electrons. The van der Waals surface area contributed by atoms with Crippen LogP contribution in [0.1, 0.15) is 33.1 Å². The zero-order valence-corrected chi connectivity index (χ0v) is 10.0. The van der Waals surface area contributed by atoms with Gasteiger partial charge in [-0.2, -0.15) is 0 Å². The molecule has 1 unspecified atom stereocenters. The number of nitrogens with one attached hydrogen (secondary N) is 1. The van der Waals surface area contributed by atoms with Gasteiger partial charge >= 0.3 is 0 Å². The molecule has 1 aromatic heterocycles. The Balaban J connectivity index is 2.56. The van der Waals surface area contributed by atoms with Gasteiger partial charge in [0.15, 0.2) is 0 Å². The Hall–Kier alpha value is -0.960. The molecule has 3 N–H and O–H groups in total. The second-order valence-electron chi connectivity index (χ2n) is 3.80. The smallest absolute Gasteiger partial charge is 0.133 e. The zero-order chi connectivity index (χ0) is 11.3. The molecule has 4 heteroatoms. The maximum Gasteiger partial charge on any atom is 0.133 e. The number of pyridine rings is 1. The van der Waals surface area contributed by atoms with Gasteiger partial charge in [0.1, 0.15) is 11.0 Å². The molecule has 0 aromatic carbocycles. The zero-order valence-electron chi connectivity index (χ0n) is 9.26. The highest BCUT2D eigenvalue weighted by Gasteiger charge is 2.03. The summed E-state index contributed by atoms with van der Waals surface area (Å²) in [4.78, 5) is 4.16. The summed E-state index contributed by atoms with van der Waals surface area (Å²) in [7, 11) is 0. The molecule has 0 saturated carbocycles. The lowest BCUT2D eigenvalue weighted by Crippen LogP contribution is -2.15. The SMILES string of the molecule is CCCCC(C)Nc1cc(N)cc(Cl)n1. The van der Waals surface area contributed by atoms with Gasteiger partial charge < -0.3 is 11.1 Å². The van der Waals surface area contributed by atoms with Crippen LogP contribution in [-0.2, 0) is 0 Å². The van der Waals surface area contributed by atoms with Crippen molar-refractivity contribution in [2.75, 3.05) is 11.1 Å². The monoisotopic (exact) mass is 227 g/mol.